The van der Waals surface area contributed by atoms with Crippen molar-refractivity contribution < 1.29 is 9.90 Å². The first kappa shape index (κ1) is 9.77. The first-order valence-corrected chi connectivity index (χ1v) is 4.98. The molecule has 0 aliphatic carbocycles. The first-order chi connectivity index (χ1) is 7.16. The average molecular weight is 203 g/mol. The second-order valence-corrected chi connectivity index (χ2v) is 3.52. The molecular weight excluding hydrogens is 190 g/mol. The van der Waals surface area contributed by atoms with Crippen LogP contribution in [0.5, 0.6) is 5.88 Å². The molecule has 0 spiro atoms. The minimum Gasteiger partial charge on any atom is -0.494 e. The number of carbonyl (C=O) groups is 1. The Morgan fingerprint density at radius 3 is 2.67 bits per heavy atom. The highest BCUT2D eigenvalue weighted by atomic mass is 16.3. The highest BCUT2D eigenvalue weighted by Crippen LogP contribution is 2.31. The molecule has 0 radical (unpaired) electrons. The minimum absolute atomic E-state index is 0.0752. The molecule has 0 bridgehead atoms. The Morgan fingerprint density at radius 2 is 2.07 bits per heavy atom. The molecule has 1 heterocycles. The summed E-state index contributed by atoms with van der Waals surface area (Å²) in [5.41, 5.74) is 1.33. The second-order valence-electron chi connectivity index (χ2n) is 3.52. The zero-order chi connectivity index (χ0) is 11.0. The fourth-order valence-electron chi connectivity index (χ4n) is 1.96. The number of aromatic nitrogens is 1. The van der Waals surface area contributed by atoms with Gasteiger partial charge < -0.3 is 9.67 Å². The number of hydrogen-bond donors (Lipinski definition) is 1. The summed E-state index contributed by atoms with van der Waals surface area (Å²) in [6.07, 6.45) is 0. The number of carbonyl (C=O) groups excluding carboxylic acids is 1. The number of aryl methyl sites for hydroxylation is 1. The maximum atomic E-state index is 11.4. The predicted octanol–water partition coefficient (Wildman–Crippen LogP) is 2.57. The van der Waals surface area contributed by atoms with Gasteiger partial charge in [0.25, 0.3) is 0 Å². The van der Waals surface area contributed by atoms with Gasteiger partial charge in [-0.2, -0.15) is 0 Å². The number of rotatable bonds is 2. The highest BCUT2D eigenvalue weighted by molar-refractivity contribution is 6.09. The number of aromatic hydroxyl groups is 1. The predicted molar refractivity (Wildman–Crippen MR) is 59.3 cm³/mol. The molecule has 2 aromatic rings. The summed E-state index contributed by atoms with van der Waals surface area (Å²) in [4.78, 5) is 11.4. The van der Waals surface area contributed by atoms with E-state index in [-0.39, 0.29) is 11.7 Å². The van der Waals surface area contributed by atoms with E-state index >= 15 is 0 Å². The Balaban J connectivity index is 2.91. The number of hydrogen-bond acceptors (Lipinski definition) is 2. The van der Waals surface area contributed by atoms with E-state index in [2.05, 4.69) is 0 Å². The summed E-state index contributed by atoms with van der Waals surface area (Å²) in [5, 5.41) is 10.7. The molecule has 3 heteroatoms. The largest absolute Gasteiger partial charge is 0.494 e. The third-order valence-corrected chi connectivity index (χ3v) is 2.61. The Hall–Kier alpha value is -1.77. The van der Waals surface area contributed by atoms with Gasteiger partial charge in [-0.25, -0.2) is 0 Å². The van der Waals surface area contributed by atoms with E-state index in [1.165, 1.54) is 6.92 Å². The van der Waals surface area contributed by atoms with Gasteiger partial charge >= 0.3 is 0 Å². The van der Waals surface area contributed by atoms with Crippen LogP contribution >= 0.6 is 0 Å². The molecule has 3 nitrogen and oxygen atoms in total. The number of para-hydroxylation sites is 1. The fraction of sp³-hybridized carbons (Fsp3) is 0.250. The van der Waals surface area contributed by atoms with Crippen LogP contribution in [0.1, 0.15) is 24.2 Å². The molecule has 0 amide bonds. The van der Waals surface area contributed by atoms with Crippen LogP contribution in [0.2, 0.25) is 0 Å². The third-order valence-electron chi connectivity index (χ3n) is 2.61. The summed E-state index contributed by atoms with van der Waals surface area (Å²) in [5.74, 6) is -0.0258. The molecule has 1 aromatic carbocycles. The first-order valence-electron chi connectivity index (χ1n) is 4.98. The van der Waals surface area contributed by atoms with Gasteiger partial charge in [0, 0.05) is 11.9 Å². The van der Waals surface area contributed by atoms with Crippen molar-refractivity contribution in [3.05, 3.63) is 29.8 Å². The van der Waals surface area contributed by atoms with Crippen molar-refractivity contribution in [2.75, 3.05) is 0 Å². The Kier molecular flexibility index (Phi) is 2.23. The number of nitrogens with zero attached hydrogens (tertiary/aromatic N) is 1. The highest BCUT2D eigenvalue weighted by Gasteiger charge is 2.17. The van der Waals surface area contributed by atoms with E-state index in [4.69, 9.17) is 0 Å². The summed E-state index contributed by atoms with van der Waals surface area (Å²) in [6, 6.07) is 7.54. The number of ketones is 1. The van der Waals surface area contributed by atoms with Crippen LogP contribution in [0, 0.1) is 0 Å². The molecule has 0 aliphatic rings. The normalized spacial score (nSPS) is 10.8. The lowest BCUT2D eigenvalue weighted by Gasteiger charge is -2.01. The molecular formula is C12H13NO2. The zero-order valence-corrected chi connectivity index (χ0v) is 8.82. The summed E-state index contributed by atoms with van der Waals surface area (Å²) < 4.78 is 1.74. The zero-order valence-electron chi connectivity index (χ0n) is 8.82. The number of Topliss-reactive ketones (excluding diaryl/α,β-unsaturated/α-hetero) is 1. The van der Waals surface area contributed by atoms with E-state index in [9.17, 15) is 9.90 Å². The number of fused-ring (bicyclic) bond motifs is 1. The van der Waals surface area contributed by atoms with Crippen molar-refractivity contribution in [2.45, 2.75) is 20.4 Å². The van der Waals surface area contributed by atoms with Gasteiger partial charge in [-0.1, -0.05) is 18.2 Å². The smallest absolute Gasteiger partial charge is 0.203 e. The maximum absolute atomic E-state index is 11.4. The molecule has 0 aliphatic heterocycles. The van der Waals surface area contributed by atoms with Crippen LogP contribution < -0.4 is 0 Å². The number of benzene rings is 1. The van der Waals surface area contributed by atoms with Gasteiger partial charge in [-0.3, -0.25) is 4.79 Å². The summed E-state index contributed by atoms with van der Waals surface area (Å²) in [7, 11) is 0. The van der Waals surface area contributed by atoms with Gasteiger partial charge in [0.15, 0.2) is 5.78 Å². The van der Waals surface area contributed by atoms with Crippen molar-refractivity contribution in [1.29, 1.82) is 0 Å². The van der Waals surface area contributed by atoms with Crippen LogP contribution in [0.25, 0.3) is 10.9 Å². The summed E-state index contributed by atoms with van der Waals surface area (Å²) >= 11 is 0. The van der Waals surface area contributed by atoms with E-state index in [0.29, 0.717) is 12.1 Å². The molecule has 1 N–H and O–H groups in total. The molecule has 1 aromatic heterocycles. The van der Waals surface area contributed by atoms with Crippen molar-refractivity contribution >= 4 is 16.7 Å². The van der Waals surface area contributed by atoms with E-state index in [0.717, 1.165) is 10.9 Å². The van der Waals surface area contributed by atoms with Gasteiger partial charge in [0.2, 0.25) is 5.88 Å². The molecule has 0 atom stereocenters. The van der Waals surface area contributed by atoms with Gasteiger partial charge in [-0.05, 0) is 19.9 Å². The van der Waals surface area contributed by atoms with Crippen molar-refractivity contribution in [3.63, 3.8) is 0 Å². The van der Waals surface area contributed by atoms with E-state index < -0.39 is 0 Å². The quantitative estimate of drug-likeness (QED) is 0.762. The minimum atomic E-state index is -0.101. The Bertz CT molecular complexity index is 526. The van der Waals surface area contributed by atoms with Crippen molar-refractivity contribution in [2.24, 2.45) is 0 Å². The molecule has 0 saturated carbocycles. The topological polar surface area (TPSA) is 42.2 Å². The lowest BCUT2D eigenvalue weighted by atomic mass is 10.1. The van der Waals surface area contributed by atoms with E-state index in [1.54, 1.807) is 4.57 Å². The molecule has 0 fully saturated rings. The van der Waals surface area contributed by atoms with Crippen molar-refractivity contribution in [3.8, 4) is 5.88 Å². The van der Waals surface area contributed by atoms with Crippen LogP contribution in [-0.4, -0.2) is 15.5 Å². The Morgan fingerprint density at radius 1 is 1.40 bits per heavy atom. The van der Waals surface area contributed by atoms with Crippen LogP contribution in [0.15, 0.2) is 24.3 Å². The monoisotopic (exact) mass is 203 g/mol. The standard InChI is InChI=1S/C12H13NO2/c1-3-13-10-7-5-4-6-9(10)11(8(2)14)12(13)15/h4-7,15H,3H2,1-2H3. The van der Waals surface area contributed by atoms with Crippen LogP contribution in [0.4, 0.5) is 0 Å². The lowest BCUT2D eigenvalue weighted by Crippen LogP contribution is -1.94. The fourth-order valence-corrected chi connectivity index (χ4v) is 1.96. The van der Waals surface area contributed by atoms with Gasteiger partial charge in [-0.15, -0.1) is 0 Å². The van der Waals surface area contributed by atoms with Crippen LogP contribution in [0.3, 0.4) is 0 Å². The Labute approximate surface area is 87.9 Å². The van der Waals surface area contributed by atoms with Crippen molar-refractivity contribution in [1.82, 2.24) is 4.57 Å². The second kappa shape index (κ2) is 3.42. The van der Waals surface area contributed by atoms with Gasteiger partial charge in [0.05, 0.1) is 11.1 Å². The molecule has 2 rings (SSSR count). The molecule has 15 heavy (non-hydrogen) atoms. The van der Waals surface area contributed by atoms with Crippen LogP contribution in [-0.2, 0) is 6.54 Å². The molecule has 0 saturated heterocycles. The SMILES string of the molecule is CCn1c(O)c(C(C)=O)c2ccccc21. The third kappa shape index (κ3) is 1.31. The van der Waals surface area contributed by atoms with Gasteiger partial charge in [0.1, 0.15) is 0 Å². The molecule has 0 unspecified atom stereocenters. The van der Waals surface area contributed by atoms with E-state index in [1.807, 2.05) is 31.2 Å². The maximum Gasteiger partial charge on any atom is 0.203 e. The molecule has 78 valence electrons. The lowest BCUT2D eigenvalue weighted by molar-refractivity contribution is 0.101. The average Bonchev–Trinajstić information content (AvgIpc) is 2.49. The summed E-state index contributed by atoms with van der Waals surface area (Å²) in [6.45, 7) is 4.07.